The molecule has 0 atom stereocenters. The Bertz CT molecular complexity index is 153. The van der Waals surface area contributed by atoms with E-state index in [4.69, 9.17) is 0 Å². The minimum atomic E-state index is -1.80. The van der Waals surface area contributed by atoms with E-state index in [9.17, 15) is 4.79 Å². The summed E-state index contributed by atoms with van der Waals surface area (Å²) in [5, 5.41) is 0. The van der Waals surface area contributed by atoms with Gasteiger partial charge in [0.2, 0.25) is 0 Å². The van der Waals surface area contributed by atoms with Gasteiger partial charge in [0, 0.05) is 21.3 Å². The van der Waals surface area contributed by atoms with Crippen LogP contribution in [-0.4, -0.2) is 33.3 Å². The first-order chi connectivity index (χ1) is 5.66. The van der Waals surface area contributed by atoms with E-state index < -0.39 is 11.9 Å². The Morgan fingerprint density at radius 2 is 1.67 bits per heavy atom. The monoisotopic (exact) mass is 176 g/mol. The highest BCUT2D eigenvalue weighted by Crippen LogP contribution is 2.13. The highest BCUT2D eigenvalue weighted by Gasteiger charge is 2.41. The molecule has 0 aliphatic heterocycles. The molecule has 0 unspecified atom stereocenters. The molecular weight excluding hydrogens is 164 g/mol. The maximum atomic E-state index is 11.1. The first-order valence-electron chi connectivity index (χ1n) is 3.14. The van der Waals surface area contributed by atoms with Crippen LogP contribution in [0.15, 0.2) is 12.8 Å². The van der Waals surface area contributed by atoms with Gasteiger partial charge in [-0.05, 0) is 0 Å². The highest BCUT2D eigenvalue weighted by molar-refractivity contribution is 5.76. The zero-order valence-corrected chi connectivity index (χ0v) is 7.33. The van der Waals surface area contributed by atoms with Crippen molar-refractivity contribution in [1.82, 2.24) is 0 Å². The van der Waals surface area contributed by atoms with Crippen LogP contribution in [0.1, 0.15) is 0 Å². The van der Waals surface area contributed by atoms with Crippen LogP contribution >= 0.6 is 0 Å². The summed E-state index contributed by atoms with van der Waals surface area (Å²) in [6.07, 6.45) is 0.966. The molecule has 0 fully saturated rings. The minimum absolute atomic E-state index is 0.815. The highest BCUT2D eigenvalue weighted by atomic mass is 16.9. The van der Waals surface area contributed by atoms with Gasteiger partial charge < -0.3 is 18.9 Å². The standard InChI is InChI=1S/C7H12O5/c1-5-12-6(8)7(9-2,10-3)11-4/h5H,1H2,2-4H3. The molecule has 5 heteroatoms. The number of esters is 1. The number of rotatable bonds is 5. The molecule has 0 aliphatic carbocycles. The van der Waals surface area contributed by atoms with Crippen LogP contribution in [0, 0.1) is 0 Å². The van der Waals surface area contributed by atoms with Crippen molar-refractivity contribution in [3.05, 3.63) is 12.8 Å². The van der Waals surface area contributed by atoms with Crippen molar-refractivity contribution in [2.24, 2.45) is 0 Å². The second kappa shape index (κ2) is 4.87. The summed E-state index contributed by atoms with van der Waals surface area (Å²) in [6.45, 7) is 3.21. The molecule has 0 saturated carbocycles. The summed E-state index contributed by atoms with van der Waals surface area (Å²) >= 11 is 0. The second-order valence-corrected chi connectivity index (χ2v) is 1.74. The molecule has 70 valence electrons. The normalized spacial score (nSPS) is 10.9. The lowest BCUT2D eigenvalue weighted by Crippen LogP contribution is -2.45. The fourth-order valence-corrected chi connectivity index (χ4v) is 0.648. The van der Waals surface area contributed by atoms with Gasteiger partial charge in [0.05, 0.1) is 6.26 Å². The third kappa shape index (κ3) is 2.04. The van der Waals surface area contributed by atoms with Crippen LogP contribution < -0.4 is 0 Å². The van der Waals surface area contributed by atoms with Crippen LogP contribution in [0.3, 0.4) is 0 Å². The van der Waals surface area contributed by atoms with Crippen molar-refractivity contribution in [2.45, 2.75) is 5.97 Å². The number of hydrogen-bond acceptors (Lipinski definition) is 5. The van der Waals surface area contributed by atoms with Gasteiger partial charge in [0.25, 0.3) is 0 Å². The maximum absolute atomic E-state index is 11.1. The van der Waals surface area contributed by atoms with Crippen molar-refractivity contribution >= 4 is 5.97 Å². The Morgan fingerprint density at radius 1 is 1.25 bits per heavy atom. The molecule has 0 aromatic rings. The lowest BCUT2D eigenvalue weighted by atomic mass is 10.5. The molecule has 0 aliphatic rings. The first kappa shape index (κ1) is 11.1. The third-order valence-corrected chi connectivity index (χ3v) is 1.25. The van der Waals surface area contributed by atoms with Crippen LogP contribution in [0.4, 0.5) is 0 Å². The molecule has 0 rings (SSSR count). The molecule has 0 amide bonds. The summed E-state index contributed by atoms with van der Waals surface area (Å²) in [7, 11) is 3.78. The first-order valence-corrected chi connectivity index (χ1v) is 3.14. The Morgan fingerprint density at radius 3 is 1.92 bits per heavy atom. The zero-order chi connectivity index (χ0) is 9.61. The van der Waals surface area contributed by atoms with Gasteiger partial charge in [-0.25, -0.2) is 4.79 Å². The SMILES string of the molecule is C=COC(=O)C(OC)(OC)OC. The average molecular weight is 176 g/mol. The molecule has 0 radical (unpaired) electrons. The van der Waals surface area contributed by atoms with Gasteiger partial charge in [-0.3, -0.25) is 0 Å². The number of carbonyl (C=O) groups is 1. The van der Waals surface area contributed by atoms with E-state index >= 15 is 0 Å². The van der Waals surface area contributed by atoms with Gasteiger partial charge in [-0.1, -0.05) is 6.58 Å². The average Bonchev–Trinajstić information content (AvgIpc) is 2.09. The lowest BCUT2D eigenvalue weighted by Gasteiger charge is -2.24. The maximum Gasteiger partial charge on any atom is 0.403 e. The van der Waals surface area contributed by atoms with Crippen molar-refractivity contribution in [2.75, 3.05) is 21.3 Å². The molecular formula is C7H12O5. The van der Waals surface area contributed by atoms with E-state index in [0.29, 0.717) is 0 Å². The Hall–Kier alpha value is -0.910. The van der Waals surface area contributed by atoms with E-state index in [0.717, 1.165) is 6.26 Å². The topological polar surface area (TPSA) is 54.0 Å². The predicted molar refractivity (Wildman–Crippen MR) is 40.0 cm³/mol. The van der Waals surface area contributed by atoms with Crippen molar-refractivity contribution in [3.63, 3.8) is 0 Å². The summed E-state index contributed by atoms with van der Waals surface area (Å²) in [5.74, 6) is -2.61. The van der Waals surface area contributed by atoms with E-state index in [2.05, 4.69) is 25.5 Å². The Balaban J connectivity index is 4.46. The molecule has 0 aromatic carbocycles. The molecule has 0 N–H and O–H groups in total. The van der Waals surface area contributed by atoms with E-state index in [1.54, 1.807) is 0 Å². The van der Waals surface area contributed by atoms with Gasteiger partial charge in [-0.2, -0.15) is 0 Å². The quantitative estimate of drug-likeness (QED) is 0.342. The number of hydrogen-bond donors (Lipinski definition) is 0. The smallest absolute Gasteiger partial charge is 0.403 e. The molecule has 12 heavy (non-hydrogen) atoms. The van der Waals surface area contributed by atoms with Gasteiger partial charge >= 0.3 is 11.9 Å². The molecule has 0 aromatic heterocycles. The Kier molecular flexibility index (Phi) is 4.50. The summed E-state index contributed by atoms with van der Waals surface area (Å²) in [5.41, 5.74) is 0. The van der Waals surface area contributed by atoms with Crippen LogP contribution in [0.2, 0.25) is 0 Å². The largest absolute Gasteiger partial charge is 0.429 e. The number of ether oxygens (including phenoxy) is 4. The van der Waals surface area contributed by atoms with Gasteiger partial charge in [-0.15, -0.1) is 0 Å². The minimum Gasteiger partial charge on any atom is -0.429 e. The van der Waals surface area contributed by atoms with Crippen molar-refractivity contribution in [3.8, 4) is 0 Å². The lowest BCUT2D eigenvalue weighted by molar-refractivity contribution is -0.336. The van der Waals surface area contributed by atoms with Crippen molar-refractivity contribution in [1.29, 1.82) is 0 Å². The third-order valence-electron chi connectivity index (χ3n) is 1.25. The number of methoxy groups -OCH3 is 3. The molecule has 0 spiro atoms. The van der Waals surface area contributed by atoms with E-state index in [1.807, 2.05) is 0 Å². The fourth-order valence-electron chi connectivity index (χ4n) is 0.648. The molecule has 0 bridgehead atoms. The van der Waals surface area contributed by atoms with Gasteiger partial charge in [0.1, 0.15) is 0 Å². The van der Waals surface area contributed by atoms with Crippen LogP contribution in [0.25, 0.3) is 0 Å². The van der Waals surface area contributed by atoms with E-state index in [1.165, 1.54) is 21.3 Å². The Labute approximate surface area is 70.9 Å². The summed E-state index contributed by atoms with van der Waals surface area (Å²) < 4.78 is 18.5. The number of carbonyl (C=O) groups excluding carboxylic acids is 1. The zero-order valence-electron chi connectivity index (χ0n) is 7.33. The molecule has 5 nitrogen and oxygen atoms in total. The van der Waals surface area contributed by atoms with Crippen LogP contribution in [0.5, 0.6) is 0 Å². The van der Waals surface area contributed by atoms with Crippen molar-refractivity contribution < 1.29 is 23.7 Å². The predicted octanol–water partition coefficient (Wildman–Crippen LogP) is 0.266. The van der Waals surface area contributed by atoms with Gasteiger partial charge in [0.15, 0.2) is 0 Å². The molecule has 0 heterocycles. The summed E-state index contributed by atoms with van der Waals surface area (Å²) in [6, 6.07) is 0. The fraction of sp³-hybridized carbons (Fsp3) is 0.571. The molecule has 0 saturated heterocycles. The summed E-state index contributed by atoms with van der Waals surface area (Å²) in [4.78, 5) is 11.1. The second-order valence-electron chi connectivity index (χ2n) is 1.74. The van der Waals surface area contributed by atoms with Crippen LogP contribution in [-0.2, 0) is 23.7 Å². The van der Waals surface area contributed by atoms with E-state index in [-0.39, 0.29) is 0 Å².